The Bertz CT molecular complexity index is 796. The predicted molar refractivity (Wildman–Crippen MR) is 106 cm³/mol. The van der Waals surface area contributed by atoms with E-state index in [9.17, 15) is 4.79 Å². The Morgan fingerprint density at radius 1 is 1.04 bits per heavy atom. The summed E-state index contributed by atoms with van der Waals surface area (Å²) in [6.45, 7) is 6.24. The van der Waals surface area contributed by atoms with E-state index in [-0.39, 0.29) is 11.9 Å². The van der Waals surface area contributed by atoms with Crippen LogP contribution < -0.4 is 14.8 Å². The Balaban J connectivity index is 2.08. The average molecular weight is 353 g/mol. The summed E-state index contributed by atoms with van der Waals surface area (Å²) in [6, 6.07) is 11.8. The number of carbonyl (C=O) groups excluding carboxylic acids is 1. The summed E-state index contributed by atoms with van der Waals surface area (Å²) in [7, 11) is 3.19. The fourth-order valence-electron chi connectivity index (χ4n) is 2.75. The van der Waals surface area contributed by atoms with Gasteiger partial charge in [-0.25, -0.2) is 0 Å². The average Bonchev–Trinajstić information content (AvgIpc) is 2.66. The summed E-state index contributed by atoms with van der Waals surface area (Å²) in [5.74, 6) is 1.18. The number of hydrogen-bond acceptors (Lipinski definition) is 3. The highest BCUT2D eigenvalue weighted by Crippen LogP contribution is 2.28. The molecule has 0 saturated heterocycles. The van der Waals surface area contributed by atoms with Crippen LogP contribution in [0.15, 0.2) is 42.5 Å². The molecule has 0 spiro atoms. The highest BCUT2D eigenvalue weighted by Gasteiger charge is 2.12. The molecule has 0 aliphatic rings. The maximum atomic E-state index is 12.3. The minimum Gasteiger partial charge on any atom is -0.493 e. The van der Waals surface area contributed by atoms with Crippen LogP contribution in [0.3, 0.4) is 0 Å². The van der Waals surface area contributed by atoms with Gasteiger partial charge in [0.05, 0.1) is 20.3 Å². The molecule has 2 rings (SSSR count). The summed E-state index contributed by atoms with van der Waals surface area (Å²) in [5, 5.41) is 3.07. The van der Waals surface area contributed by atoms with Crippen LogP contribution in [0.5, 0.6) is 11.5 Å². The van der Waals surface area contributed by atoms with Crippen LogP contribution in [0.1, 0.15) is 41.6 Å². The van der Waals surface area contributed by atoms with Gasteiger partial charge >= 0.3 is 0 Å². The molecule has 0 unspecified atom stereocenters. The molecule has 138 valence electrons. The Labute approximate surface area is 155 Å². The molecule has 1 amide bonds. The van der Waals surface area contributed by atoms with Crippen molar-refractivity contribution in [3.05, 3.63) is 64.7 Å². The van der Waals surface area contributed by atoms with Crippen molar-refractivity contribution in [3.63, 3.8) is 0 Å². The third-order valence-electron chi connectivity index (χ3n) is 4.49. The zero-order valence-electron chi connectivity index (χ0n) is 16.1. The van der Waals surface area contributed by atoms with E-state index in [1.807, 2.05) is 18.2 Å². The molecule has 0 bridgehead atoms. The zero-order chi connectivity index (χ0) is 19.1. The van der Waals surface area contributed by atoms with E-state index < -0.39 is 0 Å². The number of nitrogens with one attached hydrogen (secondary N) is 1. The van der Waals surface area contributed by atoms with Crippen LogP contribution >= 0.6 is 0 Å². The van der Waals surface area contributed by atoms with Crippen molar-refractivity contribution in [2.24, 2.45) is 0 Å². The fraction of sp³-hybridized carbons (Fsp3) is 0.318. The van der Waals surface area contributed by atoms with Gasteiger partial charge in [0.15, 0.2) is 11.5 Å². The number of hydrogen-bond donors (Lipinski definition) is 1. The van der Waals surface area contributed by atoms with Crippen LogP contribution in [0, 0.1) is 13.8 Å². The minimum atomic E-state index is -0.120. The van der Waals surface area contributed by atoms with Crippen molar-refractivity contribution < 1.29 is 14.3 Å². The number of rotatable bonds is 7. The molecule has 0 aliphatic heterocycles. The van der Waals surface area contributed by atoms with Gasteiger partial charge in [-0.2, -0.15) is 0 Å². The van der Waals surface area contributed by atoms with Gasteiger partial charge < -0.3 is 14.8 Å². The summed E-state index contributed by atoms with van der Waals surface area (Å²) in [6.07, 6.45) is 4.15. The topological polar surface area (TPSA) is 47.6 Å². The van der Waals surface area contributed by atoms with Crippen molar-refractivity contribution in [3.8, 4) is 11.5 Å². The smallest absolute Gasteiger partial charge is 0.244 e. The summed E-state index contributed by atoms with van der Waals surface area (Å²) < 4.78 is 10.5. The molecule has 0 radical (unpaired) electrons. The number of amides is 1. The molecular formula is C22H27NO3. The Kier molecular flexibility index (Phi) is 6.84. The molecule has 2 aromatic rings. The second kappa shape index (κ2) is 9.09. The van der Waals surface area contributed by atoms with E-state index >= 15 is 0 Å². The molecule has 26 heavy (non-hydrogen) atoms. The van der Waals surface area contributed by atoms with E-state index in [0.717, 1.165) is 17.5 Å². The quantitative estimate of drug-likeness (QED) is 0.740. The molecule has 1 N–H and O–H groups in total. The largest absolute Gasteiger partial charge is 0.493 e. The Morgan fingerprint density at radius 3 is 2.38 bits per heavy atom. The first-order valence-electron chi connectivity index (χ1n) is 8.76. The van der Waals surface area contributed by atoms with E-state index in [1.165, 1.54) is 11.1 Å². The Hall–Kier alpha value is -2.75. The molecule has 0 aliphatic carbocycles. The molecule has 4 heteroatoms. The van der Waals surface area contributed by atoms with Crippen molar-refractivity contribution in [2.45, 2.75) is 33.2 Å². The second-order valence-corrected chi connectivity index (χ2v) is 6.26. The summed E-state index contributed by atoms with van der Waals surface area (Å²) in [5.41, 5.74) is 4.49. The summed E-state index contributed by atoms with van der Waals surface area (Å²) >= 11 is 0. The van der Waals surface area contributed by atoms with Crippen LogP contribution in [-0.2, 0) is 4.79 Å². The van der Waals surface area contributed by atoms with Gasteiger partial charge in [0.1, 0.15) is 0 Å². The third-order valence-corrected chi connectivity index (χ3v) is 4.49. The van der Waals surface area contributed by atoms with E-state index in [0.29, 0.717) is 11.5 Å². The normalized spacial score (nSPS) is 12.0. The van der Waals surface area contributed by atoms with Crippen molar-refractivity contribution in [2.75, 3.05) is 14.2 Å². The zero-order valence-corrected chi connectivity index (χ0v) is 16.1. The maximum absolute atomic E-state index is 12.3. The number of aryl methyl sites for hydroxylation is 2. The van der Waals surface area contributed by atoms with E-state index in [4.69, 9.17) is 9.47 Å². The predicted octanol–water partition coefficient (Wildman–Crippen LogP) is 4.60. The van der Waals surface area contributed by atoms with E-state index in [1.54, 1.807) is 26.4 Å². The first kappa shape index (κ1) is 19.6. The SMILES string of the molecule is CC[C@H](NC(=O)/C=C/c1ccc(OC)c(OC)c1)c1ccc(C)c(C)c1. The van der Waals surface area contributed by atoms with Gasteiger partial charge in [0.25, 0.3) is 0 Å². The molecule has 0 saturated carbocycles. The number of benzene rings is 2. The lowest BCUT2D eigenvalue weighted by molar-refractivity contribution is -0.117. The van der Waals surface area contributed by atoms with Gasteiger partial charge in [-0.1, -0.05) is 31.2 Å². The number of ether oxygens (including phenoxy) is 2. The van der Waals surface area contributed by atoms with Gasteiger partial charge in [-0.3, -0.25) is 4.79 Å². The van der Waals surface area contributed by atoms with Crippen molar-refractivity contribution in [1.29, 1.82) is 0 Å². The number of methoxy groups -OCH3 is 2. The molecule has 4 nitrogen and oxygen atoms in total. The lowest BCUT2D eigenvalue weighted by Gasteiger charge is -2.17. The van der Waals surface area contributed by atoms with E-state index in [2.05, 4.69) is 44.3 Å². The van der Waals surface area contributed by atoms with Gasteiger partial charge in [-0.15, -0.1) is 0 Å². The van der Waals surface area contributed by atoms with Crippen LogP contribution in [0.4, 0.5) is 0 Å². The molecule has 0 heterocycles. The van der Waals surface area contributed by atoms with Gasteiger partial charge in [0.2, 0.25) is 5.91 Å². The highest BCUT2D eigenvalue weighted by molar-refractivity contribution is 5.92. The molecule has 0 aromatic heterocycles. The second-order valence-electron chi connectivity index (χ2n) is 6.26. The minimum absolute atomic E-state index is 0.00291. The fourth-order valence-corrected chi connectivity index (χ4v) is 2.75. The third kappa shape index (κ3) is 4.88. The first-order valence-corrected chi connectivity index (χ1v) is 8.76. The molecular weight excluding hydrogens is 326 g/mol. The monoisotopic (exact) mass is 353 g/mol. The molecule has 2 aromatic carbocycles. The molecule has 0 fully saturated rings. The van der Waals surface area contributed by atoms with Crippen LogP contribution in [-0.4, -0.2) is 20.1 Å². The van der Waals surface area contributed by atoms with Crippen molar-refractivity contribution >= 4 is 12.0 Å². The Morgan fingerprint density at radius 2 is 1.77 bits per heavy atom. The maximum Gasteiger partial charge on any atom is 0.244 e. The van der Waals surface area contributed by atoms with Gasteiger partial charge in [-0.05, 0) is 60.7 Å². The lowest BCUT2D eigenvalue weighted by Crippen LogP contribution is -2.26. The highest BCUT2D eigenvalue weighted by atomic mass is 16.5. The first-order chi connectivity index (χ1) is 12.5. The molecule has 1 atom stereocenters. The lowest BCUT2D eigenvalue weighted by atomic mass is 9.99. The van der Waals surface area contributed by atoms with Gasteiger partial charge in [0, 0.05) is 6.08 Å². The van der Waals surface area contributed by atoms with Crippen LogP contribution in [0.25, 0.3) is 6.08 Å². The standard InChI is InChI=1S/C22H27NO3/c1-6-19(18-10-7-15(2)16(3)13-18)23-22(24)12-9-17-8-11-20(25-4)21(14-17)26-5/h7-14,19H,6H2,1-5H3,(H,23,24)/b12-9+/t19-/m0/s1. The van der Waals surface area contributed by atoms with Crippen LogP contribution in [0.2, 0.25) is 0 Å². The summed E-state index contributed by atoms with van der Waals surface area (Å²) in [4.78, 5) is 12.3. The van der Waals surface area contributed by atoms with Crippen molar-refractivity contribution in [1.82, 2.24) is 5.32 Å². The number of carbonyl (C=O) groups is 1.